The normalized spacial score (nSPS) is 17.8. The number of aryl methyl sites for hydroxylation is 1. The average molecular weight is 237 g/mol. The van der Waals surface area contributed by atoms with Crippen LogP contribution >= 0.6 is 0 Å². The lowest BCUT2D eigenvalue weighted by Gasteiger charge is -2.25. The quantitative estimate of drug-likeness (QED) is 0.572. The summed E-state index contributed by atoms with van der Waals surface area (Å²) in [5.41, 5.74) is 0.544. The summed E-state index contributed by atoms with van der Waals surface area (Å²) < 4.78 is 26.4. The summed E-state index contributed by atoms with van der Waals surface area (Å²) in [5.74, 6) is -1.76. The Morgan fingerprint density at radius 1 is 1.24 bits per heavy atom. The number of rotatable bonds is 2. The maximum atomic E-state index is 13.3. The Hall–Kier alpha value is -1.54. The van der Waals surface area contributed by atoms with Crippen LogP contribution in [-0.4, -0.2) is 6.08 Å². The minimum absolute atomic E-state index is 0.609. The van der Waals surface area contributed by atoms with Gasteiger partial charge in [-0.3, -0.25) is 0 Å². The van der Waals surface area contributed by atoms with E-state index in [0.29, 0.717) is 24.0 Å². The van der Waals surface area contributed by atoms with Gasteiger partial charge in [-0.1, -0.05) is 12.8 Å². The first-order valence-corrected chi connectivity index (χ1v) is 5.64. The molecule has 1 fully saturated rings. The van der Waals surface area contributed by atoms with E-state index < -0.39 is 17.2 Å². The summed E-state index contributed by atoms with van der Waals surface area (Å²) in [6.45, 7) is 1.71. The minimum atomic E-state index is -0.891. The molecule has 4 heteroatoms. The molecule has 0 N–H and O–H groups in total. The molecule has 1 aliphatic carbocycles. The number of hydrogen-bond acceptors (Lipinski definition) is 2. The Labute approximate surface area is 98.4 Å². The van der Waals surface area contributed by atoms with Crippen molar-refractivity contribution in [3.05, 3.63) is 34.9 Å². The zero-order valence-electron chi connectivity index (χ0n) is 9.59. The Bertz CT molecular complexity index is 486. The molecule has 0 spiro atoms. The number of isocyanates is 1. The predicted octanol–water partition coefficient (Wildman–Crippen LogP) is 3.38. The first-order chi connectivity index (χ1) is 8.09. The zero-order chi connectivity index (χ0) is 12.5. The molecule has 1 saturated carbocycles. The molecule has 1 aromatic carbocycles. The Kier molecular flexibility index (Phi) is 3.07. The van der Waals surface area contributed by atoms with Gasteiger partial charge >= 0.3 is 0 Å². The van der Waals surface area contributed by atoms with E-state index in [1.807, 2.05) is 0 Å². The van der Waals surface area contributed by atoms with Crippen molar-refractivity contribution in [3.63, 3.8) is 0 Å². The van der Waals surface area contributed by atoms with E-state index in [-0.39, 0.29) is 0 Å². The largest absolute Gasteiger partial charge is 0.235 e. The minimum Gasteiger partial charge on any atom is -0.211 e. The molecule has 1 aromatic rings. The number of hydrogen-bond donors (Lipinski definition) is 0. The summed E-state index contributed by atoms with van der Waals surface area (Å²) in [6, 6.07) is 2.32. The van der Waals surface area contributed by atoms with Gasteiger partial charge in [0.05, 0.1) is 5.54 Å². The van der Waals surface area contributed by atoms with E-state index in [4.69, 9.17) is 0 Å². The molecular formula is C13H13F2NO. The third kappa shape index (κ3) is 2.01. The van der Waals surface area contributed by atoms with Crippen LogP contribution in [0, 0.1) is 18.6 Å². The van der Waals surface area contributed by atoms with Gasteiger partial charge in [0, 0.05) is 0 Å². The molecule has 2 nitrogen and oxygen atoms in total. The van der Waals surface area contributed by atoms with Crippen LogP contribution in [0.1, 0.15) is 36.8 Å². The van der Waals surface area contributed by atoms with E-state index in [2.05, 4.69) is 4.99 Å². The Morgan fingerprint density at radius 2 is 1.82 bits per heavy atom. The molecular weight excluding hydrogens is 224 g/mol. The topological polar surface area (TPSA) is 29.4 Å². The highest BCUT2D eigenvalue weighted by atomic mass is 19.2. The Balaban J connectivity index is 2.57. The molecule has 17 heavy (non-hydrogen) atoms. The SMILES string of the molecule is Cc1cc(F)c(F)cc1C1(N=C=O)CCCC1. The lowest BCUT2D eigenvalue weighted by molar-refractivity contribution is 0.443. The molecule has 0 bridgehead atoms. The van der Waals surface area contributed by atoms with Crippen LogP contribution in [0.5, 0.6) is 0 Å². The van der Waals surface area contributed by atoms with Crippen LogP contribution in [0.3, 0.4) is 0 Å². The first kappa shape index (κ1) is 11.9. The van der Waals surface area contributed by atoms with Gasteiger partial charge in [-0.2, -0.15) is 4.99 Å². The maximum absolute atomic E-state index is 13.3. The highest BCUT2D eigenvalue weighted by Gasteiger charge is 2.37. The lowest BCUT2D eigenvalue weighted by Crippen LogP contribution is -2.21. The van der Waals surface area contributed by atoms with Gasteiger partial charge in [0.2, 0.25) is 6.08 Å². The monoisotopic (exact) mass is 237 g/mol. The van der Waals surface area contributed by atoms with Gasteiger partial charge in [0.25, 0.3) is 0 Å². The van der Waals surface area contributed by atoms with Crippen LogP contribution in [0.2, 0.25) is 0 Å². The first-order valence-electron chi connectivity index (χ1n) is 5.64. The number of halogens is 2. The van der Waals surface area contributed by atoms with E-state index in [1.165, 1.54) is 0 Å². The Morgan fingerprint density at radius 3 is 2.41 bits per heavy atom. The van der Waals surface area contributed by atoms with Crippen molar-refractivity contribution < 1.29 is 13.6 Å². The third-order valence-corrected chi connectivity index (χ3v) is 3.46. The number of nitrogens with zero attached hydrogens (tertiary/aromatic N) is 1. The molecule has 0 saturated heterocycles. The number of aliphatic imine (C=N–C) groups is 1. The van der Waals surface area contributed by atoms with E-state index >= 15 is 0 Å². The van der Waals surface area contributed by atoms with Crippen LogP contribution in [0.4, 0.5) is 8.78 Å². The summed E-state index contributed by atoms with van der Waals surface area (Å²) in [4.78, 5) is 14.4. The fourth-order valence-electron chi connectivity index (χ4n) is 2.64. The molecule has 1 aliphatic rings. The van der Waals surface area contributed by atoms with E-state index in [0.717, 1.165) is 25.0 Å². The molecule has 0 radical (unpaired) electrons. The summed E-state index contributed by atoms with van der Waals surface area (Å²) in [6.07, 6.45) is 4.81. The van der Waals surface area contributed by atoms with Crippen LogP contribution < -0.4 is 0 Å². The van der Waals surface area contributed by atoms with Gasteiger partial charge in [0.1, 0.15) is 0 Å². The number of benzene rings is 1. The fraction of sp³-hybridized carbons (Fsp3) is 0.462. The van der Waals surface area contributed by atoms with Gasteiger partial charge in [-0.05, 0) is 43.0 Å². The molecule has 0 aliphatic heterocycles. The van der Waals surface area contributed by atoms with Crippen molar-refractivity contribution in [2.75, 3.05) is 0 Å². The molecule has 0 unspecified atom stereocenters. The summed E-state index contributed by atoms with van der Waals surface area (Å²) in [7, 11) is 0. The van der Waals surface area contributed by atoms with Gasteiger partial charge in [-0.15, -0.1) is 0 Å². The molecule has 0 amide bonds. The fourth-order valence-corrected chi connectivity index (χ4v) is 2.64. The van der Waals surface area contributed by atoms with Crippen molar-refractivity contribution in [2.24, 2.45) is 4.99 Å². The highest BCUT2D eigenvalue weighted by Crippen LogP contribution is 2.43. The molecule has 0 heterocycles. The van der Waals surface area contributed by atoms with Crippen molar-refractivity contribution in [2.45, 2.75) is 38.1 Å². The molecule has 2 rings (SSSR count). The standard InChI is InChI=1S/C13H13F2NO/c1-9-6-11(14)12(15)7-10(9)13(16-8-17)4-2-3-5-13/h6-7H,2-5H2,1H3. The maximum Gasteiger partial charge on any atom is 0.235 e. The molecule has 90 valence electrons. The predicted molar refractivity (Wildman–Crippen MR) is 59.4 cm³/mol. The smallest absolute Gasteiger partial charge is 0.211 e. The van der Waals surface area contributed by atoms with Crippen molar-refractivity contribution >= 4 is 6.08 Å². The average Bonchev–Trinajstić information content (AvgIpc) is 2.73. The second kappa shape index (κ2) is 4.38. The second-order valence-corrected chi connectivity index (χ2v) is 4.52. The van der Waals surface area contributed by atoms with Crippen molar-refractivity contribution in [1.82, 2.24) is 0 Å². The second-order valence-electron chi connectivity index (χ2n) is 4.52. The van der Waals surface area contributed by atoms with Gasteiger partial charge in [-0.25, -0.2) is 13.6 Å². The van der Waals surface area contributed by atoms with Crippen molar-refractivity contribution in [1.29, 1.82) is 0 Å². The van der Waals surface area contributed by atoms with E-state index in [9.17, 15) is 13.6 Å². The van der Waals surface area contributed by atoms with Crippen molar-refractivity contribution in [3.8, 4) is 0 Å². The van der Waals surface area contributed by atoms with Gasteiger partial charge < -0.3 is 0 Å². The molecule has 0 aromatic heterocycles. The van der Waals surface area contributed by atoms with Gasteiger partial charge in [0.15, 0.2) is 11.6 Å². The lowest BCUT2D eigenvalue weighted by atomic mass is 9.86. The van der Waals surface area contributed by atoms with Crippen LogP contribution in [-0.2, 0) is 10.3 Å². The number of carbonyl (C=O) groups excluding carboxylic acids is 1. The summed E-state index contributed by atoms with van der Waals surface area (Å²) in [5, 5.41) is 0. The van der Waals surface area contributed by atoms with E-state index in [1.54, 1.807) is 13.0 Å². The summed E-state index contributed by atoms with van der Waals surface area (Å²) >= 11 is 0. The highest BCUT2D eigenvalue weighted by molar-refractivity contribution is 5.41. The van der Waals surface area contributed by atoms with Crippen LogP contribution in [0.15, 0.2) is 17.1 Å². The zero-order valence-corrected chi connectivity index (χ0v) is 9.59. The third-order valence-electron chi connectivity index (χ3n) is 3.46. The molecule has 0 atom stereocenters. The van der Waals surface area contributed by atoms with Crippen LogP contribution in [0.25, 0.3) is 0 Å².